The summed E-state index contributed by atoms with van der Waals surface area (Å²) in [5.41, 5.74) is 1.67. The Hall–Kier alpha value is -2.08. The molecule has 1 aromatic rings. The van der Waals surface area contributed by atoms with Gasteiger partial charge in [-0.2, -0.15) is 0 Å². The fourth-order valence-electron chi connectivity index (χ4n) is 2.87. The second-order valence-electron chi connectivity index (χ2n) is 7.69. The minimum Gasteiger partial charge on any atom is -0.469 e. The van der Waals surface area contributed by atoms with Crippen molar-refractivity contribution in [2.24, 2.45) is 0 Å². The Bertz CT molecular complexity index is 599. The summed E-state index contributed by atoms with van der Waals surface area (Å²) in [5, 5.41) is 3.55. The molecule has 1 aromatic carbocycles. The van der Waals surface area contributed by atoms with Gasteiger partial charge in [0.1, 0.15) is 5.60 Å². The van der Waals surface area contributed by atoms with Crippen molar-refractivity contribution < 1.29 is 19.1 Å². The second-order valence-corrected chi connectivity index (χ2v) is 7.69. The lowest BCUT2D eigenvalue weighted by Gasteiger charge is -2.33. The molecule has 144 valence electrons. The van der Waals surface area contributed by atoms with Crippen LogP contribution in [0.25, 0.3) is 0 Å². The summed E-state index contributed by atoms with van der Waals surface area (Å²) < 4.78 is 10.1. The van der Waals surface area contributed by atoms with Gasteiger partial charge in [0.2, 0.25) is 0 Å². The zero-order valence-corrected chi connectivity index (χ0v) is 16.2. The van der Waals surface area contributed by atoms with Gasteiger partial charge in [-0.1, -0.05) is 24.3 Å². The molecule has 0 saturated carbocycles. The molecule has 1 aliphatic heterocycles. The van der Waals surface area contributed by atoms with Gasteiger partial charge in [-0.15, -0.1) is 0 Å². The summed E-state index contributed by atoms with van der Waals surface area (Å²) in [4.78, 5) is 25.1. The predicted octanol–water partition coefficient (Wildman–Crippen LogP) is 2.89. The van der Waals surface area contributed by atoms with E-state index in [4.69, 9.17) is 4.74 Å². The van der Waals surface area contributed by atoms with Gasteiger partial charge in [0.05, 0.1) is 13.5 Å². The van der Waals surface area contributed by atoms with E-state index in [0.29, 0.717) is 25.6 Å². The zero-order valence-electron chi connectivity index (χ0n) is 16.2. The fourth-order valence-corrected chi connectivity index (χ4v) is 2.87. The number of carbonyl (C=O) groups is 2. The quantitative estimate of drug-likeness (QED) is 0.816. The maximum Gasteiger partial charge on any atom is 0.410 e. The highest BCUT2D eigenvalue weighted by molar-refractivity contribution is 5.72. The van der Waals surface area contributed by atoms with E-state index >= 15 is 0 Å². The number of hydrogen-bond donors (Lipinski definition) is 1. The van der Waals surface area contributed by atoms with E-state index in [2.05, 4.69) is 10.1 Å². The molecule has 0 aliphatic carbocycles. The molecular formula is C20H30N2O4. The van der Waals surface area contributed by atoms with Crippen LogP contribution in [-0.2, 0) is 27.2 Å². The minimum absolute atomic E-state index is 0.225. The Morgan fingerprint density at radius 1 is 1.12 bits per heavy atom. The standard InChI is InChI=1S/C20H30N2O4/c1-20(2,3)26-19(24)22-11-9-17(10-12-22)21-14-16-7-5-15(6-8-16)13-18(23)25-4/h5-8,17,21H,9-14H2,1-4H3. The third kappa shape index (κ3) is 6.67. The lowest BCUT2D eigenvalue weighted by molar-refractivity contribution is -0.139. The smallest absolute Gasteiger partial charge is 0.410 e. The maximum absolute atomic E-state index is 12.1. The highest BCUT2D eigenvalue weighted by atomic mass is 16.6. The number of amides is 1. The number of benzene rings is 1. The van der Waals surface area contributed by atoms with Crippen LogP contribution in [0.15, 0.2) is 24.3 Å². The first-order valence-electron chi connectivity index (χ1n) is 9.13. The maximum atomic E-state index is 12.1. The molecule has 2 rings (SSSR count). The van der Waals surface area contributed by atoms with Crippen molar-refractivity contribution in [1.29, 1.82) is 0 Å². The molecule has 0 spiro atoms. The van der Waals surface area contributed by atoms with E-state index in [1.807, 2.05) is 45.0 Å². The van der Waals surface area contributed by atoms with E-state index in [0.717, 1.165) is 24.9 Å². The average Bonchev–Trinajstić information content (AvgIpc) is 2.60. The minimum atomic E-state index is -0.452. The molecule has 0 unspecified atom stereocenters. The molecule has 1 saturated heterocycles. The number of nitrogens with one attached hydrogen (secondary N) is 1. The molecule has 0 aromatic heterocycles. The summed E-state index contributed by atoms with van der Waals surface area (Å²) in [7, 11) is 1.40. The van der Waals surface area contributed by atoms with Crippen molar-refractivity contribution >= 4 is 12.1 Å². The highest BCUT2D eigenvalue weighted by Gasteiger charge is 2.26. The van der Waals surface area contributed by atoms with Crippen molar-refractivity contribution in [2.75, 3.05) is 20.2 Å². The number of hydrogen-bond acceptors (Lipinski definition) is 5. The summed E-state index contributed by atoms with van der Waals surface area (Å²) >= 11 is 0. The van der Waals surface area contributed by atoms with Crippen LogP contribution < -0.4 is 5.32 Å². The molecule has 1 heterocycles. The Kier molecular flexibility index (Phi) is 7.03. The summed E-state index contributed by atoms with van der Waals surface area (Å²) in [5.74, 6) is -0.229. The molecule has 6 heteroatoms. The van der Waals surface area contributed by atoms with Gasteiger partial charge in [0.15, 0.2) is 0 Å². The molecule has 26 heavy (non-hydrogen) atoms. The lowest BCUT2D eigenvalue weighted by atomic mass is 10.0. The largest absolute Gasteiger partial charge is 0.469 e. The number of ether oxygens (including phenoxy) is 2. The van der Waals surface area contributed by atoms with Gasteiger partial charge in [0.25, 0.3) is 0 Å². The summed E-state index contributed by atoms with van der Waals surface area (Å²) in [6.07, 6.45) is 1.91. The first-order chi connectivity index (χ1) is 12.3. The van der Waals surface area contributed by atoms with Gasteiger partial charge in [0, 0.05) is 25.7 Å². The third-order valence-corrected chi connectivity index (χ3v) is 4.34. The summed E-state index contributed by atoms with van der Waals surface area (Å²) in [6, 6.07) is 8.36. The third-order valence-electron chi connectivity index (χ3n) is 4.34. The van der Waals surface area contributed by atoms with Gasteiger partial charge in [-0.25, -0.2) is 4.79 Å². The van der Waals surface area contributed by atoms with Gasteiger partial charge in [-0.05, 0) is 44.7 Å². The highest BCUT2D eigenvalue weighted by Crippen LogP contribution is 2.16. The van der Waals surface area contributed by atoms with Crippen molar-refractivity contribution in [3.63, 3.8) is 0 Å². The predicted molar refractivity (Wildman–Crippen MR) is 99.8 cm³/mol. The van der Waals surface area contributed by atoms with Gasteiger partial charge in [-0.3, -0.25) is 4.79 Å². The van der Waals surface area contributed by atoms with Gasteiger partial charge >= 0.3 is 12.1 Å². The SMILES string of the molecule is COC(=O)Cc1ccc(CNC2CCN(C(=O)OC(C)(C)C)CC2)cc1. The molecule has 1 amide bonds. The average molecular weight is 362 g/mol. The van der Waals surface area contributed by atoms with E-state index in [1.165, 1.54) is 12.7 Å². The van der Waals surface area contributed by atoms with Gasteiger partial charge < -0.3 is 19.7 Å². The Morgan fingerprint density at radius 2 is 1.69 bits per heavy atom. The molecule has 0 bridgehead atoms. The Balaban J connectivity index is 1.73. The van der Waals surface area contributed by atoms with Crippen LogP contribution in [0.5, 0.6) is 0 Å². The normalized spacial score (nSPS) is 15.6. The van der Waals surface area contributed by atoms with Crippen molar-refractivity contribution in [3.8, 4) is 0 Å². The first kappa shape index (κ1) is 20.2. The lowest BCUT2D eigenvalue weighted by Crippen LogP contribution is -2.46. The van der Waals surface area contributed by atoms with Crippen molar-refractivity contribution in [2.45, 2.75) is 58.2 Å². The second kappa shape index (κ2) is 9.03. The number of nitrogens with zero attached hydrogens (tertiary/aromatic N) is 1. The Labute approximate surface area is 155 Å². The monoisotopic (exact) mass is 362 g/mol. The van der Waals surface area contributed by atoms with Crippen LogP contribution in [0.4, 0.5) is 4.79 Å². The number of rotatable bonds is 5. The number of esters is 1. The van der Waals surface area contributed by atoms with E-state index in [1.54, 1.807) is 4.90 Å². The van der Waals surface area contributed by atoms with Crippen LogP contribution in [0, 0.1) is 0 Å². The van der Waals surface area contributed by atoms with E-state index in [-0.39, 0.29) is 12.1 Å². The van der Waals surface area contributed by atoms with Crippen LogP contribution in [0.2, 0.25) is 0 Å². The van der Waals surface area contributed by atoms with Crippen LogP contribution in [-0.4, -0.2) is 48.8 Å². The van der Waals surface area contributed by atoms with Crippen molar-refractivity contribution in [3.05, 3.63) is 35.4 Å². The fraction of sp³-hybridized carbons (Fsp3) is 0.600. The summed E-state index contributed by atoms with van der Waals surface area (Å²) in [6.45, 7) is 7.85. The molecular weight excluding hydrogens is 332 g/mol. The number of carbonyl (C=O) groups excluding carboxylic acids is 2. The van der Waals surface area contributed by atoms with Crippen LogP contribution in [0.3, 0.4) is 0 Å². The van der Waals surface area contributed by atoms with E-state index < -0.39 is 5.60 Å². The van der Waals surface area contributed by atoms with Crippen LogP contribution >= 0.6 is 0 Å². The van der Waals surface area contributed by atoms with Crippen molar-refractivity contribution in [1.82, 2.24) is 10.2 Å². The number of likely N-dealkylation sites (tertiary alicyclic amines) is 1. The molecule has 0 atom stereocenters. The zero-order chi connectivity index (χ0) is 19.2. The molecule has 1 fully saturated rings. The molecule has 1 N–H and O–H groups in total. The Morgan fingerprint density at radius 3 is 2.23 bits per heavy atom. The molecule has 6 nitrogen and oxygen atoms in total. The first-order valence-corrected chi connectivity index (χ1v) is 9.13. The van der Waals surface area contributed by atoms with Crippen LogP contribution in [0.1, 0.15) is 44.7 Å². The number of piperidine rings is 1. The number of methoxy groups -OCH3 is 1. The molecule has 0 radical (unpaired) electrons. The molecule has 1 aliphatic rings. The topological polar surface area (TPSA) is 67.9 Å². The van der Waals surface area contributed by atoms with E-state index in [9.17, 15) is 9.59 Å².